The molecule has 0 amide bonds. The number of nitrogens with one attached hydrogen (secondary N) is 1. The molecule has 20 heavy (non-hydrogen) atoms. The van der Waals surface area contributed by atoms with Gasteiger partial charge in [-0.05, 0) is 29.6 Å². The van der Waals surface area contributed by atoms with Gasteiger partial charge in [0, 0.05) is 10.6 Å². The zero-order valence-electron chi connectivity index (χ0n) is 9.95. The van der Waals surface area contributed by atoms with Crippen LogP contribution in [0.25, 0.3) is 0 Å². The molecular formula is C11H10ClN3O3S2. The Labute approximate surface area is 124 Å². The van der Waals surface area contributed by atoms with Crippen molar-refractivity contribution in [2.24, 2.45) is 10.9 Å². The van der Waals surface area contributed by atoms with E-state index >= 15 is 0 Å². The van der Waals surface area contributed by atoms with Gasteiger partial charge in [-0.1, -0.05) is 22.8 Å². The second-order valence-corrected chi connectivity index (χ2v) is 7.01. The van der Waals surface area contributed by atoms with Crippen molar-refractivity contribution in [3.63, 3.8) is 0 Å². The number of anilines is 1. The summed E-state index contributed by atoms with van der Waals surface area (Å²) in [6.45, 7) is 0. The van der Waals surface area contributed by atoms with Crippen molar-refractivity contribution in [3.8, 4) is 0 Å². The van der Waals surface area contributed by atoms with Gasteiger partial charge in [0.05, 0.1) is 5.69 Å². The summed E-state index contributed by atoms with van der Waals surface area (Å²) in [4.78, 5) is 0. The number of sulfonamides is 1. The fourth-order valence-corrected chi connectivity index (χ4v) is 3.73. The maximum atomic E-state index is 12.2. The SMILES string of the molecule is NC(=NO)c1ccc(Cl)cc1NS(=O)(=O)c1cccs1. The topological polar surface area (TPSA) is 105 Å². The Hall–Kier alpha value is -1.77. The zero-order chi connectivity index (χ0) is 14.8. The number of benzene rings is 1. The molecule has 1 aromatic heterocycles. The molecule has 106 valence electrons. The van der Waals surface area contributed by atoms with Crippen LogP contribution < -0.4 is 10.5 Å². The normalized spacial score (nSPS) is 12.3. The van der Waals surface area contributed by atoms with Crippen LogP contribution in [0.5, 0.6) is 0 Å². The number of oxime groups is 1. The highest BCUT2D eigenvalue weighted by molar-refractivity contribution is 7.94. The average molecular weight is 332 g/mol. The molecule has 2 aromatic rings. The molecule has 1 aromatic carbocycles. The summed E-state index contributed by atoms with van der Waals surface area (Å²) in [6, 6.07) is 7.46. The van der Waals surface area contributed by atoms with E-state index in [0.717, 1.165) is 11.3 Å². The van der Waals surface area contributed by atoms with Crippen LogP contribution in [0.3, 0.4) is 0 Å². The Bertz CT molecular complexity index is 742. The summed E-state index contributed by atoms with van der Waals surface area (Å²) in [7, 11) is -3.73. The van der Waals surface area contributed by atoms with Crippen molar-refractivity contribution < 1.29 is 13.6 Å². The van der Waals surface area contributed by atoms with Gasteiger partial charge in [0.15, 0.2) is 5.84 Å². The van der Waals surface area contributed by atoms with Gasteiger partial charge in [-0.25, -0.2) is 8.42 Å². The van der Waals surface area contributed by atoms with Gasteiger partial charge in [-0.3, -0.25) is 4.72 Å². The molecule has 0 aliphatic rings. The van der Waals surface area contributed by atoms with Crippen LogP contribution in [0.15, 0.2) is 45.1 Å². The Balaban J connectivity index is 2.46. The minimum atomic E-state index is -3.73. The molecule has 0 spiro atoms. The minimum absolute atomic E-state index is 0.140. The first-order valence-electron chi connectivity index (χ1n) is 5.28. The van der Waals surface area contributed by atoms with Crippen molar-refractivity contribution in [2.75, 3.05) is 4.72 Å². The van der Waals surface area contributed by atoms with E-state index in [9.17, 15) is 8.42 Å². The van der Waals surface area contributed by atoms with Gasteiger partial charge in [0.25, 0.3) is 10.0 Å². The number of nitrogens with two attached hydrogens (primary N) is 1. The predicted molar refractivity (Wildman–Crippen MR) is 79.1 cm³/mol. The Morgan fingerprint density at radius 2 is 2.15 bits per heavy atom. The molecule has 0 atom stereocenters. The molecule has 0 aliphatic carbocycles. The molecule has 9 heteroatoms. The molecule has 0 unspecified atom stereocenters. The van der Waals surface area contributed by atoms with Crippen molar-refractivity contribution >= 4 is 44.5 Å². The minimum Gasteiger partial charge on any atom is -0.409 e. The van der Waals surface area contributed by atoms with Crippen LogP contribution in [0.1, 0.15) is 5.56 Å². The number of thiophene rings is 1. The molecule has 4 N–H and O–H groups in total. The van der Waals surface area contributed by atoms with Crippen LogP contribution in [-0.4, -0.2) is 19.5 Å². The Morgan fingerprint density at radius 1 is 1.40 bits per heavy atom. The van der Waals surface area contributed by atoms with Crippen molar-refractivity contribution in [2.45, 2.75) is 4.21 Å². The molecule has 0 aliphatic heterocycles. The first-order chi connectivity index (χ1) is 9.44. The second kappa shape index (κ2) is 5.70. The van der Waals surface area contributed by atoms with E-state index < -0.39 is 10.0 Å². The monoisotopic (exact) mass is 331 g/mol. The molecule has 0 saturated heterocycles. The summed E-state index contributed by atoms with van der Waals surface area (Å²) in [6.07, 6.45) is 0. The van der Waals surface area contributed by atoms with Crippen LogP contribution in [0, 0.1) is 0 Å². The molecule has 0 bridgehead atoms. The van der Waals surface area contributed by atoms with Gasteiger partial charge in [0.1, 0.15) is 4.21 Å². The predicted octanol–water partition coefficient (Wildman–Crippen LogP) is 2.30. The van der Waals surface area contributed by atoms with E-state index in [4.69, 9.17) is 22.5 Å². The lowest BCUT2D eigenvalue weighted by molar-refractivity contribution is 0.318. The third-order valence-corrected chi connectivity index (χ3v) is 5.37. The van der Waals surface area contributed by atoms with Gasteiger partial charge in [-0.2, -0.15) is 0 Å². The van der Waals surface area contributed by atoms with E-state index in [2.05, 4.69) is 9.88 Å². The number of hydrogen-bond donors (Lipinski definition) is 3. The molecule has 6 nitrogen and oxygen atoms in total. The van der Waals surface area contributed by atoms with E-state index in [1.165, 1.54) is 24.3 Å². The molecule has 2 rings (SSSR count). The van der Waals surface area contributed by atoms with Crippen LogP contribution in [-0.2, 0) is 10.0 Å². The number of hydrogen-bond acceptors (Lipinski definition) is 5. The first-order valence-corrected chi connectivity index (χ1v) is 8.02. The lowest BCUT2D eigenvalue weighted by Gasteiger charge is -2.11. The van der Waals surface area contributed by atoms with E-state index in [1.54, 1.807) is 11.4 Å². The molecular weight excluding hydrogens is 322 g/mol. The average Bonchev–Trinajstić information content (AvgIpc) is 2.92. The second-order valence-electron chi connectivity index (χ2n) is 3.71. The largest absolute Gasteiger partial charge is 0.409 e. The number of amidine groups is 1. The molecule has 0 fully saturated rings. The number of rotatable bonds is 4. The number of halogens is 1. The maximum Gasteiger partial charge on any atom is 0.271 e. The van der Waals surface area contributed by atoms with E-state index in [0.29, 0.717) is 5.02 Å². The van der Waals surface area contributed by atoms with Crippen LogP contribution in [0.4, 0.5) is 5.69 Å². The Morgan fingerprint density at radius 3 is 2.75 bits per heavy atom. The summed E-state index contributed by atoms with van der Waals surface area (Å²) < 4.78 is 26.8. The summed E-state index contributed by atoms with van der Waals surface area (Å²) in [5.41, 5.74) is 5.88. The fraction of sp³-hybridized carbons (Fsp3) is 0. The third-order valence-electron chi connectivity index (χ3n) is 2.37. The van der Waals surface area contributed by atoms with Crippen LogP contribution in [0.2, 0.25) is 5.02 Å². The lowest BCUT2D eigenvalue weighted by Crippen LogP contribution is -2.19. The van der Waals surface area contributed by atoms with Gasteiger partial charge in [-0.15, -0.1) is 11.3 Å². The van der Waals surface area contributed by atoms with Gasteiger partial charge >= 0.3 is 0 Å². The van der Waals surface area contributed by atoms with Gasteiger partial charge < -0.3 is 10.9 Å². The standard InChI is InChI=1S/C11H10ClN3O3S2/c12-7-3-4-8(11(13)14-16)9(6-7)15-20(17,18)10-2-1-5-19-10/h1-6,15-16H,(H2,13,14). The highest BCUT2D eigenvalue weighted by Crippen LogP contribution is 2.25. The van der Waals surface area contributed by atoms with Crippen molar-refractivity contribution in [1.29, 1.82) is 0 Å². The third kappa shape index (κ3) is 3.03. The van der Waals surface area contributed by atoms with E-state index in [-0.39, 0.29) is 21.3 Å². The highest BCUT2D eigenvalue weighted by atomic mass is 35.5. The summed E-state index contributed by atoms with van der Waals surface area (Å²) in [5.74, 6) is -0.217. The van der Waals surface area contributed by atoms with Crippen molar-refractivity contribution in [1.82, 2.24) is 0 Å². The summed E-state index contributed by atoms with van der Waals surface area (Å²) >= 11 is 6.92. The van der Waals surface area contributed by atoms with Crippen LogP contribution >= 0.6 is 22.9 Å². The quantitative estimate of drug-likeness (QED) is 0.346. The van der Waals surface area contributed by atoms with E-state index in [1.807, 2.05) is 0 Å². The van der Waals surface area contributed by atoms with Crippen molar-refractivity contribution in [3.05, 3.63) is 46.3 Å². The zero-order valence-corrected chi connectivity index (χ0v) is 12.3. The number of nitrogens with zero attached hydrogens (tertiary/aromatic N) is 1. The first kappa shape index (κ1) is 14.6. The fourth-order valence-electron chi connectivity index (χ4n) is 1.49. The smallest absolute Gasteiger partial charge is 0.271 e. The van der Waals surface area contributed by atoms with Gasteiger partial charge in [0.2, 0.25) is 0 Å². The lowest BCUT2D eigenvalue weighted by atomic mass is 10.1. The molecule has 0 saturated carbocycles. The molecule has 0 radical (unpaired) electrons. The maximum absolute atomic E-state index is 12.2. The highest BCUT2D eigenvalue weighted by Gasteiger charge is 2.18. The molecule has 1 heterocycles. The summed E-state index contributed by atoms with van der Waals surface area (Å²) in [5, 5.41) is 13.6. The Kier molecular flexibility index (Phi) is 4.17.